The van der Waals surface area contributed by atoms with E-state index in [1.54, 1.807) is 42.5 Å². The molecule has 3 rings (SSSR count). The van der Waals surface area contributed by atoms with Crippen molar-refractivity contribution in [3.63, 3.8) is 0 Å². The van der Waals surface area contributed by atoms with Crippen LogP contribution in [0.15, 0.2) is 72.8 Å². The Morgan fingerprint density at radius 2 is 1.27 bits per heavy atom. The second-order valence-electron chi connectivity index (χ2n) is 5.17. The predicted molar refractivity (Wildman–Crippen MR) is 87.8 cm³/mol. The number of phenols is 1. The number of alkyl halides is 3. The van der Waals surface area contributed by atoms with Crippen LogP contribution in [0.3, 0.4) is 0 Å². The van der Waals surface area contributed by atoms with Crippen molar-refractivity contribution in [1.29, 1.82) is 0 Å². The molecule has 0 fully saturated rings. The minimum absolute atomic E-state index is 0.000857. The van der Waals surface area contributed by atoms with Crippen LogP contribution in [-0.4, -0.2) is 11.5 Å². The van der Waals surface area contributed by atoms with Crippen LogP contribution in [0, 0.1) is 0 Å². The van der Waals surface area contributed by atoms with Gasteiger partial charge in [-0.25, -0.2) is 0 Å². The Morgan fingerprint density at radius 1 is 0.654 bits per heavy atom. The third kappa shape index (κ3) is 4.83. The number of phenolic OH excluding ortho intramolecular Hbond substituents is 1. The van der Waals surface area contributed by atoms with Crippen molar-refractivity contribution >= 4 is 0 Å². The minimum Gasteiger partial charge on any atom is -0.504 e. The lowest BCUT2D eigenvalue weighted by atomic mass is 10.3. The Bertz CT molecular complexity index is 876. The number of halogens is 3. The van der Waals surface area contributed by atoms with Gasteiger partial charge < -0.3 is 19.3 Å². The molecule has 0 amide bonds. The third-order valence-electron chi connectivity index (χ3n) is 3.19. The summed E-state index contributed by atoms with van der Waals surface area (Å²) in [6, 6.07) is 18.2. The first-order valence-electron chi connectivity index (χ1n) is 7.49. The first-order valence-corrected chi connectivity index (χ1v) is 7.49. The average molecular weight is 362 g/mol. The summed E-state index contributed by atoms with van der Waals surface area (Å²) in [6.07, 6.45) is -4.74. The number of para-hydroxylation sites is 2. The Kier molecular flexibility index (Phi) is 4.88. The van der Waals surface area contributed by atoms with E-state index in [9.17, 15) is 18.3 Å². The van der Waals surface area contributed by atoms with E-state index in [0.29, 0.717) is 23.0 Å². The quantitative estimate of drug-likeness (QED) is 0.616. The maximum Gasteiger partial charge on any atom is 0.573 e. The molecule has 134 valence electrons. The van der Waals surface area contributed by atoms with Gasteiger partial charge >= 0.3 is 6.36 Å². The van der Waals surface area contributed by atoms with E-state index in [2.05, 4.69) is 4.74 Å². The van der Waals surface area contributed by atoms with Gasteiger partial charge in [0.1, 0.15) is 23.0 Å². The highest BCUT2D eigenvalue weighted by atomic mass is 19.4. The topological polar surface area (TPSA) is 47.9 Å². The Balaban J connectivity index is 1.70. The number of ether oxygens (including phenoxy) is 3. The molecule has 7 heteroatoms. The monoisotopic (exact) mass is 362 g/mol. The molecule has 0 spiro atoms. The van der Waals surface area contributed by atoms with Crippen LogP contribution in [0.4, 0.5) is 13.2 Å². The summed E-state index contributed by atoms with van der Waals surface area (Å²) in [4.78, 5) is 0. The molecule has 0 saturated heterocycles. The van der Waals surface area contributed by atoms with Crippen LogP contribution in [0.5, 0.6) is 34.5 Å². The zero-order valence-corrected chi connectivity index (χ0v) is 13.2. The molecular formula is C19H13F3O4. The van der Waals surface area contributed by atoms with Gasteiger partial charge in [-0.2, -0.15) is 0 Å². The van der Waals surface area contributed by atoms with Crippen LogP contribution < -0.4 is 14.2 Å². The van der Waals surface area contributed by atoms with Crippen LogP contribution in [0.25, 0.3) is 0 Å². The fourth-order valence-electron chi connectivity index (χ4n) is 2.12. The Labute approximate surface area is 147 Å². The molecule has 0 heterocycles. The van der Waals surface area contributed by atoms with Gasteiger partial charge in [-0.05, 0) is 48.5 Å². The molecule has 1 N–H and O–H groups in total. The molecule has 0 aromatic heterocycles. The largest absolute Gasteiger partial charge is 0.573 e. The van der Waals surface area contributed by atoms with E-state index in [4.69, 9.17) is 9.47 Å². The van der Waals surface area contributed by atoms with Gasteiger partial charge in [-0.1, -0.05) is 18.2 Å². The van der Waals surface area contributed by atoms with E-state index < -0.39 is 6.36 Å². The van der Waals surface area contributed by atoms with Crippen molar-refractivity contribution in [2.45, 2.75) is 6.36 Å². The van der Waals surface area contributed by atoms with Crippen molar-refractivity contribution in [3.8, 4) is 34.5 Å². The molecule has 0 aliphatic carbocycles. The number of rotatable bonds is 5. The summed E-state index contributed by atoms with van der Waals surface area (Å²) in [7, 11) is 0. The molecule has 4 nitrogen and oxygen atoms in total. The van der Waals surface area contributed by atoms with Gasteiger partial charge in [-0.15, -0.1) is 13.2 Å². The molecule has 26 heavy (non-hydrogen) atoms. The van der Waals surface area contributed by atoms with E-state index in [-0.39, 0.29) is 11.5 Å². The van der Waals surface area contributed by atoms with Gasteiger partial charge in [0.25, 0.3) is 0 Å². The molecule has 0 atom stereocenters. The minimum atomic E-state index is -4.74. The van der Waals surface area contributed by atoms with Gasteiger partial charge in [0, 0.05) is 6.07 Å². The normalized spacial score (nSPS) is 11.0. The zero-order chi connectivity index (χ0) is 18.6. The number of aromatic hydroxyl groups is 1. The average Bonchev–Trinajstić information content (AvgIpc) is 2.58. The summed E-state index contributed by atoms with van der Waals surface area (Å²) in [5.74, 6) is 1.14. The lowest BCUT2D eigenvalue weighted by Gasteiger charge is -2.11. The summed E-state index contributed by atoms with van der Waals surface area (Å²) in [5, 5.41) is 9.73. The van der Waals surface area contributed by atoms with Gasteiger partial charge in [0.15, 0.2) is 11.5 Å². The van der Waals surface area contributed by atoms with Crippen molar-refractivity contribution < 1.29 is 32.5 Å². The molecule has 0 aliphatic rings. The first kappa shape index (κ1) is 17.5. The van der Waals surface area contributed by atoms with Crippen molar-refractivity contribution in [3.05, 3.63) is 72.8 Å². The van der Waals surface area contributed by atoms with E-state index in [0.717, 1.165) is 12.1 Å². The second-order valence-corrected chi connectivity index (χ2v) is 5.17. The first-order chi connectivity index (χ1) is 12.4. The van der Waals surface area contributed by atoms with Crippen LogP contribution in [0.2, 0.25) is 0 Å². The van der Waals surface area contributed by atoms with E-state index in [1.165, 1.54) is 18.2 Å². The fourth-order valence-corrected chi connectivity index (χ4v) is 2.12. The second kappa shape index (κ2) is 7.26. The van der Waals surface area contributed by atoms with Crippen LogP contribution in [-0.2, 0) is 0 Å². The molecule has 0 radical (unpaired) electrons. The number of hydrogen-bond donors (Lipinski definition) is 1. The molecule has 0 aliphatic heterocycles. The molecule has 0 unspecified atom stereocenters. The highest BCUT2D eigenvalue weighted by Crippen LogP contribution is 2.33. The smallest absolute Gasteiger partial charge is 0.504 e. The number of hydrogen-bond acceptors (Lipinski definition) is 4. The van der Waals surface area contributed by atoms with Crippen molar-refractivity contribution in [1.82, 2.24) is 0 Å². The highest BCUT2D eigenvalue weighted by molar-refractivity contribution is 5.44. The van der Waals surface area contributed by atoms with E-state index >= 15 is 0 Å². The molecule has 0 bridgehead atoms. The molecule has 3 aromatic carbocycles. The Morgan fingerprint density at radius 3 is 1.92 bits per heavy atom. The summed E-state index contributed by atoms with van der Waals surface area (Å²) >= 11 is 0. The fraction of sp³-hybridized carbons (Fsp3) is 0.0526. The van der Waals surface area contributed by atoms with Gasteiger partial charge in [-0.3, -0.25) is 0 Å². The SMILES string of the molecule is Oc1ccccc1Oc1cccc(Oc2ccc(OC(F)(F)F)cc2)c1. The van der Waals surface area contributed by atoms with Crippen molar-refractivity contribution in [2.75, 3.05) is 0 Å². The predicted octanol–water partition coefficient (Wildman–Crippen LogP) is 5.88. The summed E-state index contributed by atoms with van der Waals surface area (Å²) < 4.78 is 51.4. The lowest BCUT2D eigenvalue weighted by Crippen LogP contribution is -2.16. The molecule has 0 saturated carbocycles. The van der Waals surface area contributed by atoms with Crippen LogP contribution >= 0.6 is 0 Å². The number of benzene rings is 3. The maximum absolute atomic E-state index is 12.2. The van der Waals surface area contributed by atoms with Gasteiger partial charge in [0.2, 0.25) is 0 Å². The lowest BCUT2D eigenvalue weighted by molar-refractivity contribution is -0.274. The van der Waals surface area contributed by atoms with E-state index in [1.807, 2.05) is 0 Å². The Hall–Kier alpha value is -3.35. The maximum atomic E-state index is 12.2. The summed E-state index contributed by atoms with van der Waals surface area (Å²) in [6.45, 7) is 0. The summed E-state index contributed by atoms with van der Waals surface area (Å²) in [5.41, 5.74) is 0. The third-order valence-corrected chi connectivity index (χ3v) is 3.19. The molecule has 3 aromatic rings. The zero-order valence-electron chi connectivity index (χ0n) is 13.2. The molecular weight excluding hydrogens is 349 g/mol. The standard InChI is InChI=1S/C19H13F3O4/c20-19(21,22)26-14-10-8-13(9-11-14)24-15-4-3-5-16(12-15)25-18-7-2-1-6-17(18)23/h1-12,23H. The highest BCUT2D eigenvalue weighted by Gasteiger charge is 2.30. The van der Waals surface area contributed by atoms with Crippen LogP contribution in [0.1, 0.15) is 0 Å². The van der Waals surface area contributed by atoms with Crippen molar-refractivity contribution in [2.24, 2.45) is 0 Å². The van der Waals surface area contributed by atoms with Gasteiger partial charge in [0.05, 0.1) is 0 Å².